The van der Waals surface area contributed by atoms with E-state index >= 15 is 0 Å². The number of benzene rings is 1. The second kappa shape index (κ2) is 9.37. The van der Waals surface area contributed by atoms with Crippen LogP contribution in [0.25, 0.3) is 0 Å². The van der Waals surface area contributed by atoms with E-state index in [1.165, 1.54) is 5.56 Å². The summed E-state index contributed by atoms with van der Waals surface area (Å²) in [7, 11) is 0. The maximum absolute atomic E-state index is 6.02. The summed E-state index contributed by atoms with van der Waals surface area (Å²) in [5.41, 5.74) is 9.32. The number of anilines is 2. The van der Waals surface area contributed by atoms with E-state index < -0.39 is 0 Å². The number of hydrogen-bond acceptors (Lipinski definition) is 4. The average Bonchev–Trinajstić information content (AvgIpc) is 2.73. The van der Waals surface area contributed by atoms with Gasteiger partial charge in [0.15, 0.2) is 5.96 Å². The third kappa shape index (κ3) is 5.44. The fourth-order valence-electron chi connectivity index (χ4n) is 3.22. The number of guanidine groups is 1. The average molecular weight is 367 g/mol. The number of aryl methyl sites for hydroxylation is 1. The number of hydrogen-bond donors (Lipinski definition) is 2. The van der Waals surface area contributed by atoms with Crippen molar-refractivity contribution < 1.29 is 0 Å². The molecule has 6 heteroatoms. The number of aromatic nitrogens is 1. The van der Waals surface area contributed by atoms with Gasteiger partial charge in [-0.15, -0.1) is 0 Å². The molecule has 27 heavy (non-hydrogen) atoms. The highest BCUT2D eigenvalue weighted by Gasteiger charge is 2.16. The lowest BCUT2D eigenvalue weighted by molar-refractivity contribution is 0.270. The summed E-state index contributed by atoms with van der Waals surface area (Å²) in [5.74, 6) is 1.46. The molecule has 0 bridgehead atoms. The number of pyridine rings is 1. The first-order valence-corrected chi connectivity index (χ1v) is 9.76. The van der Waals surface area contributed by atoms with Gasteiger partial charge in [0.2, 0.25) is 0 Å². The highest BCUT2D eigenvalue weighted by molar-refractivity contribution is 5.92. The van der Waals surface area contributed by atoms with Crippen LogP contribution in [0, 0.1) is 0 Å². The maximum atomic E-state index is 6.02. The summed E-state index contributed by atoms with van der Waals surface area (Å²) < 4.78 is 0. The molecule has 1 fully saturated rings. The van der Waals surface area contributed by atoms with Crippen LogP contribution in [0.3, 0.4) is 0 Å². The molecule has 2 heterocycles. The molecule has 1 aliphatic rings. The van der Waals surface area contributed by atoms with Crippen molar-refractivity contribution in [2.75, 3.05) is 42.9 Å². The minimum atomic E-state index is 0.419. The van der Waals surface area contributed by atoms with Gasteiger partial charge >= 0.3 is 0 Å². The predicted molar refractivity (Wildman–Crippen MR) is 113 cm³/mol. The second-order valence-electron chi connectivity index (χ2n) is 6.83. The van der Waals surface area contributed by atoms with Crippen LogP contribution in [0.1, 0.15) is 25.0 Å². The summed E-state index contributed by atoms with van der Waals surface area (Å²) >= 11 is 0. The summed E-state index contributed by atoms with van der Waals surface area (Å²) in [6.45, 7) is 10.3. The fourth-order valence-corrected chi connectivity index (χ4v) is 3.22. The zero-order valence-electron chi connectivity index (χ0n) is 16.4. The molecule has 3 rings (SSSR count). The van der Waals surface area contributed by atoms with Gasteiger partial charge in [-0.25, -0.2) is 9.98 Å². The largest absolute Gasteiger partial charge is 0.370 e. The zero-order chi connectivity index (χ0) is 19.1. The number of piperazine rings is 1. The van der Waals surface area contributed by atoms with Crippen molar-refractivity contribution in [3.8, 4) is 0 Å². The van der Waals surface area contributed by atoms with Crippen molar-refractivity contribution in [2.45, 2.75) is 26.8 Å². The van der Waals surface area contributed by atoms with Crippen LogP contribution in [0.15, 0.2) is 47.6 Å². The summed E-state index contributed by atoms with van der Waals surface area (Å²) in [5, 5.41) is 3.15. The molecule has 1 aliphatic heterocycles. The van der Waals surface area contributed by atoms with Gasteiger partial charge in [0.25, 0.3) is 0 Å². The van der Waals surface area contributed by atoms with Crippen LogP contribution in [0.4, 0.5) is 11.5 Å². The molecule has 0 unspecified atom stereocenters. The molecule has 2 aromatic rings. The lowest BCUT2D eigenvalue weighted by Crippen LogP contribution is -2.46. The normalized spacial score (nSPS) is 15.8. The fraction of sp³-hybridized carbons (Fsp3) is 0.429. The molecule has 0 aliphatic carbocycles. The first kappa shape index (κ1) is 19.2. The Hall–Kier alpha value is -2.60. The van der Waals surface area contributed by atoms with E-state index in [1.54, 1.807) is 0 Å². The molecule has 0 amide bonds. The second-order valence-corrected chi connectivity index (χ2v) is 6.83. The van der Waals surface area contributed by atoms with E-state index in [0.29, 0.717) is 12.5 Å². The van der Waals surface area contributed by atoms with E-state index in [2.05, 4.69) is 63.2 Å². The monoisotopic (exact) mass is 366 g/mol. The summed E-state index contributed by atoms with van der Waals surface area (Å²) in [4.78, 5) is 13.9. The van der Waals surface area contributed by atoms with Gasteiger partial charge in [-0.1, -0.05) is 32.0 Å². The Kier molecular flexibility index (Phi) is 6.65. The van der Waals surface area contributed by atoms with Crippen LogP contribution in [-0.2, 0) is 13.0 Å². The molecule has 0 spiro atoms. The predicted octanol–water partition coefficient (Wildman–Crippen LogP) is 2.71. The molecule has 0 radical (unpaired) electrons. The molecule has 1 aromatic heterocycles. The van der Waals surface area contributed by atoms with Crippen molar-refractivity contribution in [1.29, 1.82) is 0 Å². The number of nitrogens with zero attached hydrogens (tertiary/aromatic N) is 4. The minimum absolute atomic E-state index is 0.419. The van der Waals surface area contributed by atoms with Crippen LogP contribution in [0.5, 0.6) is 0 Å². The summed E-state index contributed by atoms with van der Waals surface area (Å²) in [6.07, 6.45) is 2.90. The first-order valence-electron chi connectivity index (χ1n) is 9.76. The maximum Gasteiger partial charge on any atom is 0.193 e. The summed E-state index contributed by atoms with van der Waals surface area (Å²) in [6, 6.07) is 12.4. The third-order valence-electron chi connectivity index (χ3n) is 4.99. The van der Waals surface area contributed by atoms with Crippen LogP contribution in [-0.4, -0.2) is 48.6 Å². The Labute approximate surface area is 162 Å². The number of nitrogens with two attached hydrogens (primary N) is 1. The Balaban J connectivity index is 1.54. The van der Waals surface area contributed by atoms with Crippen molar-refractivity contribution in [3.63, 3.8) is 0 Å². The Morgan fingerprint density at radius 3 is 2.59 bits per heavy atom. The third-order valence-corrected chi connectivity index (χ3v) is 4.99. The topological polar surface area (TPSA) is 69.8 Å². The van der Waals surface area contributed by atoms with E-state index in [-0.39, 0.29) is 0 Å². The van der Waals surface area contributed by atoms with Crippen LogP contribution in [0.2, 0.25) is 0 Å². The van der Waals surface area contributed by atoms with E-state index in [4.69, 9.17) is 5.73 Å². The molecule has 1 aromatic carbocycles. The molecule has 1 saturated heterocycles. The van der Waals surface area contributed by atoms with E-state index in [9.17, 15) is 0 Å². The van der Waals surface area contributed by atoms with E-state index in [1.807, 2.05) is 18.3 Å². The van der Waals surface area contributed by atoms with Crippen molar-refractivity contribution >= 4 is 17.5 Å². The number of aliphatic imine (C=N–C) groups is 1. The standard InChI is InChI=1S/C21H30N6/c1-3-17-6-5-7-19(14-17)25-21(22)24-16-18-8-9-20(23-15-18)27-12-10-26(4-2)11-13-27/h5-9,14-15H,3-4,10-13,16H2,1-2H3,(H3,22,24,25). The van der Waals surface area contributed by atoms with E-state index in [0.717, 1.165) is 56.2 Å². The van der Waals surface area contributed by atoms with Gasteiger partial charge in [-0.05, 0) is 42.3 Å². The first-order chi connectivity index (χ1) is 13.2. The van der Waals surface area contributed by atoms with Crippen molar-refractivity contribution in [3.05, 3.63) is 53.7 Å². The lowest BCUT2D eigenvalue weighted by atomic mass is 10.1. The lowest BCUT2D eigenvalue weighted by Gasteiger charge is -2.34. The van der Waals surface area contributed by atoms with Crippen molar-refractivity contribution in [1.82, 2.24) is 9.88 Å². The van der Waals surface area contributed by atoms with Gasteiger partial charge in [-0.3, -0.25) is 0 Å². The molecule has 3 N–H and O–H groups in total. The SMILES string of the molecule is CCc1cccc(NC(N)=NCc2ccc(N3CCN(CC)CC3)nc2)c1. The van der Waals surface area contributed by atoms with Crippen molar-refractivity contribution in [2.24, 2.45) is 10.7 Å². The minimum Gasteiger partial charge on any atom is -0.370 e. The number of nitrogens with one attached hydrogen (secondary N) is 1. The Bertz CT molecular complexity index is 748. The molecular weight excluding hydrogens is 336 g/mol. The van der Waals surface area contributed by atoms with Gasteiger partial charge in [0, 0.05) is 38.1 Å². The molecule has 0 saturated carbocycles. The Morgan fingerprint density at radius 2 is 1.93 bits per heavy atom. The van der Waals surface area contributed by atoms with Crippen LogP contribution < -0.4 is 16.0 Å². The van der Waals surface area contributed by atoms with Gasteiger partial charge in [0.05, 0.1) is 6.54 Å². The highest BCUT2D eigenvalue weighted by atomic mass is 15.3. The quantitative estimate of drug-likeness (QED) is 0.608. The molecule has 6 nitrogen and oxygen atoms in total. The molecule has 144 valence electrons. The van der Waals surface area contributed by atoms with Gasteiger partial charge in [-0.2, -0.15) is 0 Å². The number of rotatable bonds is 6. The highest BCUT2D eigenvalue weighted by Crippen LogP contribution is 2.15. The van der Waals surface area contributed by atoms with Gasteiger partial charge in [0.1, 0.15) is 5.82 Å². The van der Waals surface area contributed by atoms with Crippen LogP contribution >= 0.6 is 0 Å². The Morgan fingerprint density at radius 1 is 1.11 bits per heavy atom. The molecular formula is C21H30N6. The van der Waals surface area contributed by atoms with Gasteiger partial charge < -0.3 is 20.9 Å². The smallest absolute Gasteiger partial charge is 0.193 e. The zero-order valence-corrected chi connectivity index (χ0v) is 16.4. The molecule has 0 atom stereocenters. The number of likely N-dealkylation sites (N-methyl/N-ethyl adjacent to an activating group) is 1.